The van der Waals surface area contributed by atoms with Gasteiger partial charge in [-0.1, -0.05) is 6.07 Å². The number of hydrogen-bond acceptors (Lipinski definition) is 3. The molecule has 1 aliphatic rings. The Kier molecular flexibility index (Phi) is 6.24. The highest BCUT2D eigenvalue weighted by Gasteiger charge is 2.12. The lowest BCUT2D eigenvalue weighted by molar-refractivity contribution is 0.250. The molecule has 2 atom stereocenters. The van der Waals surface area contributed by atoms with Crippen molar-refractivity contribution in [1.29, 1.82) is 0 Å². The number of rotatable bonds is 5. The first-order valence-corrected chi connectivity index (χ1v) is 9.50. The molecule has 5 nitrogen and oxygen atoms in total. The number of piperidine rings is 1. The van der Waals surface area contributed by atoms with Gasteiger partial charge in [-0.15, -0.1) is 0 Å². The standard InChI is InChI=1S/C16H25N3O2S/c1-13(12-22(2)21)17-16(20)18-14-7-6-8-15(11-14)19-9-4-3-5-10-19/h6-8,11,13H,3-5,9-10,12H2,1-2H3,(H2,17,18,20)/t13-,22-/m1/s1. The molecule has 2 amide bonds. The molecule has 0 saturated carbocycles. The van der Waals surface area contributed by atoms with E-state index in [0.29, 0.717) is 5.75 Å². The molecule has 22 heavy (non-hydrogen) atoms. The molecule has 1 aliphatic heterocycles. The zero-order valence-corrected chi connectivity index (χ0v) is 14.1. The van der Waals surface area contributed by atoms with Gasteiger partial charge in [-0.25, -0.2) is 4.79 Å². The van der Waals surface area contributed by atoms with Crippen LogP contribution in [0.25, 0.3) is 0 Å². The minimum atomic E-state index is -0.915. The Labute approximate surface area is 134 Å². The van der Waals surface area contributed by atoms with Crippen LogP contribution in [-0.4, -0.2) is 41.4 Å². The Hall–Kier alpha value is -1.56. The normalized spacial score (nSPS) is 17.6. The molecule has 0 aliphatic carbocycles. The van der Waals surface area contributed by atoms with Crippen LogP contribution in [-0.2, 0) is 10.8 Å². The fraction of sp³-hybridized carbons (Fsp3) is 0.562. The maximum atomic E-state index is 12.0. The summed E-state index contributed by atoms with van der Waals surface area (Å²) in [4.78, 5) is 14.3. The van der Waals surface area contributed by atoms with Gasteiger partial charge in [0.2, 0.25) is 0 Å². The van der Waals surface area contributed by atoms with E-state index in [-0.39, 0.29) is 12.1 Å². The Morgan fingerprint density at radius 1 is 1.32 bits per heavy atom. The van der Waals surface area contributed by atoms with E-state index in [1.165, 1.54) is 19.3 Å². The van der Waals surface area contributed by atoms with Crippen molar-refractivity contribution in [2.75, 3.05) is 35.3 Å². The van der Waals surface area contributed by atoms with Gasteiger partial charge < -0.3 is 15.5 Å². The molecule has 2 rings (SSSR count). The van der Waals surface area contributed by atoms with Crippen LogP contribution in [0.2, 0.25) is 0 Å². The second-order valence-corrected chi connectivity index (χ2v) is 7.32. The summed E-state index contributed by atoms with van der Waals surface area (Å²) >= 11 is 0. The van der Waals surface area contributed by atoms with Gasteiger partial charge in [0.15, 0.2) is 0 Å². The maximum absolute atomic E-state index is 12.0. The molecule has 6 heteroatoms. The highest BCUT2D eigenvalue weighted by atomic mass is 32.2. The van der Waals surface area contributed by atoms with E-state index in [2.05, 4.69) is 21.6 Å². The van der Waals surface area contributed by atoms with Gasteiger partial charge in [-0.05, 0) is 44.4 Å². The topological polar surface area (TPSA) is 61.4 Å². The summed E-state index contributed by atoms with van der Waals surface area (Å²) in [6.07, 6.45) is 5.39. The highest BCUT2D eigenvalue weighted by molar-refractivity contribution is 7.84. The molecular formula is C16H25N3O2S. The summed E-state index contributed by atoms with van der Waals surface area (Å²) < 4.78 is 11.1. The third kappa shape index (κ3) is 5.33. The summed E-state index contributed by atoms with van der Waals surface area (Å²) in [5.41, 5.74) is 1.94. The first-order valence-electron chi connectivity index (χ1n) is 7.77. The van der Waals surface area contributed by atoms with Gasteiger partial charge in [-0.3, -0.25) is 4.21 Å². The third-order valence-corrected chi connectivity index (χ3v) is 4.66. The largest absolute Gasteiger partial charge is 0.371 e. The fourth-order valence-electron chi connectivity index (χ4n) is 2.72. The number of carbonyl (C=O) groups is 1. The molecule has 0 spiro atoms. The van der Waals surface area contributed by atoms with Crippen LogP contribution in [0.4, 0.5) is 16.2 Å². The summed E-state index contributed by atoms with van der Waals surface area (Å²) in [6.45, 7) is 4.01. The van der Waals surface area contributed by atoms with Crippen LogP contribution in [0.3, 0.4) is 0 Å². The van der Waals surface area contributed by atoms with E-state index in [9.17, 15) is 9.00 Å². The smallest absolute Gasteiger partial charge is 0.319 e. The van der Waals surface area contributed by atoms with Crippen molar-refractivity contribution >= 4 is 28.2 Å². The van der Waals surface area contributed by atoms with Crippen molar-refractivity contribution < 1.29 is 9.00 Å². The molecule has 1 heterocycles. The quantitative estimate of drug-likeness (QED) is 0.875. The predicted octanol–water partition coefficient (Wildman–Crippen LogP) is 2.57. The minimum absolute atomic E-state index is 0.115. The van der Waals surface area contributed by atoms with E-state index in [1.807, 2.05) is 25.1 Å². The van der Waals surface area contributed by atoms with Crippen molar-refractivity contribution in [2.24, 2.45) is 0 Å². The fourth-order valence-corrected chi connectivity index (χ4v) is 3.50. The molecule has 1 saturated heterocycles. The first kappa shape index (κ1) is 16.8. The number of carbonyl (C=O) groups excluding carboxylic acids is 1. The van der Waals surface area contributed by atoms with Crippen LogP contribution in [0.15, 0.2) is 24.3 Å². The number of urea groups is 1. The Bertz CT molecular complexity index is 530. The van der Waals surface area contributed by atoms with E-state index >= 15 is 0 Å². The first-order chi connectivity index (χ1) is 10.5. The number of nitrogens with zero attached hydrogens (tertiary/aromatic N) is 1. The molecule has 1 fully saturated rings. The lowest BCUT2D eigenvalue weighted by atomic mass is 10.1. The van der Waals surface area contributed by atoms with Crippen molar-refractivity contribution in [1.82, 2.24) is 5.32 Å². The molecule has 0 aromatic heterocycles. The molecule has 0 unspecified atom stereocenters. The molecule has 1 aromatic carbocycles. The zero-order chi connectivity index (χ0) is 15.9. The van der Waals surface area contributed by atoms with E-state index in [0.717, 1.165) is 24.5 Å². The molecule has 122 valence electrons. The van der Waals surface area contributed by atoms with Gasteiger partial charge in [0.1, 0.15) is 0 Å². The van der Waals surface area contributed by atoms with Crippen LogP contribution in [0, 0.1) is 0 Å². The zero-order valence-electron chi connectivity index (χ0n) is 13.3. The van der Waals surface area contributed by atoms with Gasteiger partial charge >= 0.3 is 6.03 Å². The number of nitrogens with one attached hydrogen (secondary N) is 2. The van der Waals surface area contributed by atoms with Crippen LogP contribution in [0.1, 0.15) is 26.2 Å². The Morgan fingerprint density at radius 2 is 2.05 bits per heavy atom. The van der Waals surface area contributed by atoms with Gasteiger partial charge in [0.25, 0.3) is 0 Å². The maximum Gasteiger partial charge on any atom is 0.319 e. The second kappa shape index (κ2) is 8.17. The van der Waals surface area contributed by atoms with Crippen LogP contribution < -0.4 is 15.5 Å². The van der Waals surface area contributed by atoms with Crippen molar-refractivity contribution in [3.05, 3.63) is 24.3 Å². The number of anilines is 2. The molecule has 0 bridgehead atoms. The van der Waals surface area contributed by atoms with Crippen molar-refractivity contribution in [3.63, 3.8) is 0 Å². The summed E-state index contributed by atoms with van der Waals surface area (Å²) in [6, 6.07) is 7.56. The number of benzene rings is 1. The molecular weight excluding hydrogens is 298 g/mol. The summed E-state index contributed by atoms with van der Waals surface area (Å²) in [5, 5.41) is 5.65. The van der Waals surface area contributed by atoms with E-state index < -0.39 is 10.8 Å². The molecule has 0 radical (unpaired) electrons. The van der Waals surface area contributed by atoms with Crippen LogP contribution >= 0.6 is 0 Å². The monoisotopic (exact) mass is 323 g/mol. The summed E-state index contributed by atoms with van der Waals surface area (Å²) in [7, 11) is -0.915. The van der Waals surface area contributed by atoms with Gasteiger partial charge in [-0.2, -0.15) is 0 Å². The van der Waals surface area contributed by atoms with Crippen molar-refractivity contribution in [2.45, 2.75) is 32.2 Å². The predicted molar refractivity (Wildman–Crippen MR) is 93.1 cm³/mol. The van der Waals surface area contributed by atoms with E-state index in [4.69, 9.17) is 0 Å². The van der Waals surface area contributed by atoms with E-state index in [1.54, 1.807) is 6.26 Å². The number of amides is 2. The molecule has 1 aromatic rings. The lowest BCUT2D eigenvalue weighted by Gasteiger charge is -2.29. The Morgan fingerprint density at radius 3 is 2.73 bits per heavy atom. The van der Waals surface area contributed by atoms with Gasteiger partial charge in [0, 0.05) is 53.3 Å². The highest BCUT2D eigenvalue weighted by Crippen LogP contribution is 2.22. The number of hydrogen-bond donors (Lipinski definition) is 2. The van der Waals surface area contributed by atoms with Crippen molar-refractivity contribution in [3.8, 4) is 0 Å². The summed E-state index contributed by atoms with van der Waals surface area (Å²) in [5.74, 6) is 0.460. The van der Waals surface area contributed by atoms with Gasteiger partial charge in [0.05, 0.1) is 0 Å². The average Bonchev–Trinajstić information content (AvgIpc) is 2.47. The minimum Gasteiger partial charge on any atom is -0.371 e. The molecule has 2 N–H and O–H groups in total. The van der Waals surface area contributed by atoms with Crippen LogP contribution in [0.5, 0.6) is 0 Å². The Balaban J connectivity index is 1.92. The average molecular weight is 323 g/mol. The SMILES string of the molecule is C[C@H](C[S@@](C)=O)NC(=O)Nc1cccc(N2CCCCC2)c1. The second-order valence-electron chi connectivity index (χ2n) is 5.84. The third-order valence-electron chi connectivity index (χ3n) is 3.69. The lowest BCUT2D eigenvalue weighted by Crippen LogP contribution is -2.39.